The van der Waals surface area contributed by atoms with Crippen molar-refractivity contribution < 1.29 is 13.5 Å². The Morgan fingerprint density at radius 2 is 1.56 bits per heavy atom. The van der Waals surface area contributed by atoms with Crippen LogP contribution in [0, 0.1) is 11.6 Å². The van der Waals surface area contributed by atoms with Crippen molar-refractivity contribution in [3.05, 3.63) is 71.3 Å². The number of guanidine groups is 1. The van der Waals surface area contributed by atoms with Crippen LogP contribution in [0.1, 0.15) is 17.2 Å². The summed E-state index contributed by atoms with van der Waals surface area (Å²) in [5.74, 6) is 0.0605. The van der Waals surface area contributed by atoms with Crippen molar-refractivity contribution in [3.8, 4) is 0 Å². The fourth-order valence-corrected chi connectivity index (χ4v) is 2.21. The molecule has 7 heteroatoms. The average Bonchev–Trinajstić information content (AvgIpc) is 2.61. The van der Waals surface area contributed by atoms with Crippen molar-refractivity contribution >= 4 is 29.9 Å². The minimum absolute atomic E-state index is 0. The van der Waals surface area contributed by atoms with Crippen molar-refractivity contribution in [1.82, 2.24) is 10.6 Å². The molecule has 2 aromatic rings. The lowest BCUT2D eigenvalue weighted by atomic mass is 10.1. The first-order valence-electron chi connectivity index (χ1n) is 7.59. The number of hydrogen-bond donors (Lipinski definition) is 2. The SMILES string of the molecule is CN=C(NCc1ccc(F)cc1)NCC(OC)c1ccc(F)cc1.I. The van der Waals surface area contributed by atoms with E-state index in [0.29, 0.717) is 19.0 Å². The van der Waals surface area contributed by atoms with Crippen LogP contribution in [0.15, 0.2) is 53.5 Å². The van der Waals surface area contributed by atoms with Crippen LogP contribution in [-0.2, 0) is 11.3 Å². The predicted molar refractivity (Wildman–Crippen MR) is 106 cm³/mol. The van der Waals surface area contributed by atoms with Gasteiger partial charge in [-0.25, -0.2) is 8.78 Å². The van der Waals surface area contributed by atoms with E-state index in [1.165, 1.54) is 24.3 Å². The zero-order chi connectivity index (χ0) is 17.4. The number of methoxy groups -OCH3 is 1. The van der Waals surface area contributed by atoms with Crippen LogP contribution < -0.4 is 10.6 Å². The summed E-state index contributed by atoms with van der Waals surface area (Å²) < 4.78 is 31.3. The Morgan fingerprint density at radius 3 is 2.08 bits per heavy atom. The highest BCUT2D eigenvalue weighted by atomic mass is 127. The maximum atomic E-state index is 13.0. The zero-order valence-corrected chi connectivity index (χ0v) is 16.5. The number of nitrogens with zero attached hydrogens (tertiary/aromatic N) is 1. The van der Waals surface area contributed by atoms with Gasteiger partial charge < -0.3 is 15.4 Å². The molecule has 0 aliphatic heterocycles. The largest absolute Gasteiger partial charge is 0.375 e. The molecule has 1 atom stereocenters. The van der Waals surface area contributed by atoms with Crippen LogP contribution in [0.4, 0.5) is 8.78 Å². The minimum Gasteiger partial charge on any atom is -0.375 e. The Bertz CT molecular complexity index is 663. The summed E-state index contributed by atoms with van der Waals surface area (Å²) >= 11 is 0. The number of nitrogens with one attached hydrogen (secondary N) is 2. The van der Waals surface area contributed by atoms with Gasteiger partial charge >= 0.3 is 0 Å². The third-order valence-electron chi connectivity index (χ3n) is 3.58. The van der Waals surface area contributed by atoms with E-state index < -0.39 is 0 Å². The van der Waals surface area contributed by atoms with E-state index in [1.807, 2.05) is 0 Å². The van der Waals surface area contributed by atoms with Gasteiger partial charge in [0.1, 0.15) is 11.6 Å². The van der Waals surface area contributed by atoms with Crippen LogP contribution in [-0.4, -0.2) is 26.7 Å². The second-order valence-electron chi connectivity index (χ2n) is 5.21. The van der Waals surface area contributed by atoms with Crippen molar-refractivity contribution in [1.29, 1.82) is 0 Å². The molecular formula is C18H22F2IN3O. The fourth-order valence-electron chi connectivity index (χ4n) is 2.21. The Kier molecular flexibility index (Phi) is 9.36. The standard InChI is InChI=1S/C18H21F2N3O.HI/c1-21-18(22-11-13-3-7-15(19)8-4-13)23-12-17(24-2)14-5-9-16(20)10-6-14;/h3-10,17H,11-12H2,1-2H3,(H2,21,22,23);1H. The molecule has 2 rings (SSSR count). The smallest absolute Gasteiger partial charge is 0.191 e. The zero-order valence-electron chi connectivity index (χ0n) is 14.1. The van der Waals surface area contributed by atoms with Crippen molar-refractivity contribution in [2.45, 2.75) is 12.6 Å². The summed E-state index contributed by atoms with van der Waals surface area (Å²) in [6, 6.07) is 12.5. The molecule has 0 aromatic heterocycles. The van der Waals surface area contributed by atoms with E-state index >= 15 is 0 Å². The fraction of sp³-hybridized carbons (Fsp3) is 0.278. The maximum Gasteiger partial charge on any atom is 0.191 e. The molecule has 0 amide bonds. The van der Waals surface area contributed by atoms with Crippen LogP contribution in [0.2, 0.25) is 0 Å². The van der Waals surface area contributed by atoms with Gasteiger partial charge in [0, 0.05) is 27.2 Å². The molecule has 0 bridgehead atoms. The summed E-state index contributed by atoms with van der Waals surface area (Å²) in [6.07, 6.45) is -0.227. The molecular weight excluding hydrogens is 439 g/mol. The van der Waals surface area contributed by atoms with E-state index in [0.717, 1.165) is 11.1 Å². The minimum atomic E-state index is -0.279. The molecule has 0 heterocycles. The number of ether oxygens (including phenoxy) is 1. The van der Waals surface area contributed by atoms with Crippen molar-refractivity contribution in [2.75, 3.05) is 20.7 Å². The van der Waals surface area contributed by atoms with E-state index in [9.17, 15) is 8.78 Å². The van der Waals surface area contributed by atoms with E-state index in [1.54, 1.807) is 38.4 Å². The molecule has 0 saturated carbocycles. The number of aliphatic imine (C=N–C) groups is 1. The van der Waals surface area contributed by atoms with Gasteiger partial charge in [-0.1, -0.05) is 24.3 Å². The molecule has 136 valence electrons. The molecule has 2 N–H and O–H groups in total. The third-order valence-corrected chi connectivity index (χ3v) is 3.58. The summed E-state index contributed by atoms with van der Waals surface area (Å²) in [5.41, 5.74) is 1.82. The summed E-state index contributed by atoms with van der Waals surface area (Å²) in [4.78, 5) is 4.14. The maximum absolute atomic E-state index is 13.0. The Hall–Kier alpha value is -1.74. The Morgan fingerprint density at radius 1 is 1.00 bits per heavy atom. The second kappa shape index (κ2) is 11.0. The topological polar surface area (TPSA) is 45.7 Å². The number of hydrogen-bond acceptors (Lipinski definition) is 2. The van der Waals surface area contributed by atoms with E-state index in [-0.39, 0.29) is 41.7 Å². The molecule has 25 heavy (non-hydrogen) atoms. The van der Waals surface area contributed by atoms with Gasteiger partial charge in [-0.15, -0.1) is 24.0 Å². The molecule has 0 aliphatic carbocycles. The van der Waals surface area contributed by atoms with Gasteiger partial charge in [-0.05, 0) is 35.4 Å². The highest BCUT2D eigenvalue weighted by molar-refractivity contribution is 14.0. The normalized spacial score (nSPS) is 12.2. The molecule has 0 fully saturated rings. The average molecular weight is 461 g/mol. The Labute approximate surface area is 163 Å². The quantitative estimate of drug-likeness (QED) is 0.393. The third kappa shape index (κ3) is 6.95. The lowest BCUT2D eigenvalue weighted by molar-refractivity contribution is 0.106. The van der Waals surface area contributed by atoms with Gasteiger partial charge in [0.2, 0.25) is 0 Å². The van der Waals surface area contributed by atoms with E-state index in [4.69, 9.17) is 4.74 Å². The highest BCUT2D eigenvalue weighted by Crippen LogP contribution is 2.16. The monoisotopic (exact) mass is 461 g/mol. The molecule has 0 spiro atoms. The lowest BCUT2D eigenvalue weighted by Crippen LogP contribution is -2.39. The van der Waals surface area contributed by atoms with Gasteiger partial charge in [-0.2, -0.15) is 0 Å². The van der Waals surface area contributed by atoms with Gasteiger partial charge in [0.15, 0.2) is 5.96 Å². The van der Waals surface area contributed by atoms with Crippen LogP contribution in [0.25, 0.3) is 0 Å². The van der Waals surface area contributed by atoms with Crippen molar-refractivity contribution in [3.63, 3.8) is 0 Å². The molecule has 0 aliphatic rings. The molecule has 2 aromatic carbocycles. The second-order valence-corrected chi connectivity index (χ2v) is 5.21. The van der Waals surface area contributed by atoms with Gasteiger partial charge in [0.25, 0.3) is 0 Å². The Balaban J connectivity index is 0.00000312. The highest BCUT2D eigenvalue weighted by Gasteiger charge is 2.11. The summed E-state index contributed by atoms with van der Waals surface area (Å²) in [7, 11) is 3.27. The molecule has 0 radical (unpaired) electrons. The first-order chi connectivity index (χ1) is 11.6. The number of rotatable bonds is 6. The van der Waals surface area contributed by atoms with Crippen LogP contribution in [0.3, 0.4) is 0 Å². The summed E-state index contributed by atoms with van der Waals surface area (Å²) in [5, 5.41) is 6.31. The first kappa shape index (κ1) is 21.3. The molecule has 0 saturated heterocycles. The molecule has 1 unspecified atom stereocenters. The number of halogens is 3. The van der Waals surface area contributed by atoms with E-state index in [2.05, 4.69) is 15.6 Å². The summed E-state index contributed by atoms with van der Waals surface area (Å²) in [6.45, 7) is 0.999. The van der Waals surface area contributed by atoms with Crippen molar-refractivity contribution in [2.24, 2.45) is 4.99 Å². The van der Waals surface area contributed by atoms with Gasteiger partial charge in [0.05, 0.1) is 6.10 Å². The van der Waals surface area contributed by atoms with Crippen LogP contribution in [0.5, 0.6) is 0 Å². The first-order valence-corrected chi connectivity index (χ1v) is 7.59. The van der Waals surface area contributed by atoms with Crippen LogP contribution >= 0.6 is 24.0 Å². The van der Waals surface area contributed by atoms with Gasteiger partial charge in [-0.3, -0.25) is 4.99 Å². The number of benzene rings is 2. The molecule has 4 nitrogen and oxygen atoms in total. The lowest BCUT2D eigenvalue weighted by Gasteiger charge is -2.19. The predicted octanol–water partition coefficient (Wildman–Crippen LogP) is 3.64.